The van der Waals surface area contributed by atoms with Gasteiger partial charge in [0.15, 0.2) is 0 Å². The van der Waals surface area contributed by atoms with Gasteiger partial charge in [-0.1, -0.05) is 49.4 Å². The fourth-order valence-electron chi connectivity index (χ4n) is 3.16. The van der Waals surface area contributed by atoms with E-state index in [1.54, 1.807) is 22.8 Å². The molecule has 0 atom stereocenters. The number of aryl methyl sites for hydroxylation is 1. The lowest BCUT2D eigenvalue weighted by molar-refractivity contribution is 0.374. The van der Waals surface area contributed by atoms with Crippen LogP contribution < -0.4 is 15.5 Å². The first-order chi connectivity index (χ1) is 14.6. The zero-order valence-electron chi connectivity index (χ0n) is 16.6. The largest absolute Gasteiger partial charge is 0.490 e. The Morgan fingerprint density at radius 2 is 1.80 bits per heavy atom. The van der Waals surface area contributed by atoms with Crippen LogP contribution in [0, 0.1) is 0 Å². The zero-order chi connectivity index (χ0) is 21.1. The molecule has 3 N–H and O–H groups in total. The van der Waals surface area contributed by atoms with Crippen LogP contribution in [0.3, 0.4) is 0 Å². The molecule has 10 heteroatoms. The number of nitrogens with zero attached hydrogens (tertiary/aromatic N) is 5. The predicted octanol–water partition coefficient (Wildman–Crippen LogP) is 1.07. The van der Waals surface area contributed by atoms with E-state index in [1.165, 1.54) is 7.11 Å². The van der Waals surface area contributed by atoms with Crippen LogP contribution >= 0.6 is 0 Å². The van der Waals surface area contributed by atoms with Gasteiger partial charge < -0.3 is 20.1 Å². The van der Waals surface area contributed by atoms with Crippen LogP contribution in [0.25, 0.3) is 17.0 Å². The van der Waals surface area contributed by atoms with E-state index in [1.807, 2.05) is 37.3 Å². The maximum atomic E-state index is 9.68. The Bertz CT molecular complexity index is 1170. The molecule has 4 aromatic rings. The van der Waals surface area contributed by atoms with Crippen molar-refractivity contribution in [1.82, 2.24) is 24.5 Å². The van der Waals surface area contributed by atoms with E-state index in [4.69, 9.17) is 4.74 Å². The first-order valence-electron chi connectivity index (χ1n) is 9.55. The molecule has 2 aromatic heterocycles. The highest BCUT2D eigenvalue weighted by Gasteiger charge is 2.23. The van der Waals surface area contributed by atoms with Crippen LogP contribution in [0.15, 0.2) is 48.5 Å². The third kappa shape index (κ3) is 3.82. The average molecular weight is 404 g/mol. The first kappa shape index (κ1) is 19.8. The van der Waals surface area contributed by atoms with Crippen LogP contribution in [0.2, 0.25) is 0 Å². The lowest BCUT2D eigenvalue weighted by Gasteiger charge is -2.11. The van der Waals surface area contributed by atoms with Gasteiger partial charge in [0.05, 0.1) is 18.1 Å². The van der Waals surface area contributed by atoms with Crippen molar-refractivity contribution in [2.75, 3.05) is 12.4 Å². The van der Waals surface area contributed by atoms with Crippen molar-refractivity contribution >= 4 is 29.6 Å². The van der Waals surface area contributed by atoms with Gasteiger partial charge in [0.2, 0.25) is 11.9 Å². The lowest BCUT2D eigenvalue weighted by atomic mass is 9.79. The first-order valence-corrected chi connectivity index (χ1v) is 9.55. The molecular formula is C20H21BN6O3. The van der Waals surface area contributed by atoms with E-state index in [2.05, 4.69) is 25.3 Å². The summed E-state index contributed by atoms with van der Waals surface area (Å²) >= 11 is 0. The van der Waals surface area contributed by atoms with E-state index < -0.39 is 7.12 Å². The molecule has 4 rings (SSSR count). The number of para-hydroxylation sites is 1. The van der Waals surface area contributed by atoms with E-state index in [0.29, 0.717) is 41.7 Å². The molecule has 2 aromatic carbocycles. The third-order valence-corrected chi connectivity index (χ3v) is 4.63. The van der Waals surface area contributed by atoms with E-state index in [9.17, 15) is 10.0 Å². The maximum absolute atomic E-state index is 9.68. The molecule has 0 radical (unpaired) electrons. The highest BCUT2D eigenvalue weighted by molar-refractivity contribution is 6.61. The summed E-state index contributed by atoms with van der Waals surface area (Å²) in [5, 5.41) is 22.6. The summed E-state index contributed by atoms with van der Waals surface area (Å²) in [6.07, 6.45) is 0.616. The van der Waals surface area contributed by atoms with Gasteiger partial charge >= 0.3 is 13.1 Å². The van der Waals surface area contributed by atoms with Crippen LogP contribution in [0.1, 0.15) is 18.3 Å². The second kappa shape index (κ2) is 8.48. The van der Waals surface area contributed by atoms with Gasteiger partial charge in [-0.2, -0.15) is 19.9 Å². The fraction of sp³-hybridized carbons (Fsp3) is 0.200. The molecule has 0 aliphatic heterocycles. The quantitative estimate of drug-likeness (QED) is 0.392. The van der Waals surface area contributed by atoms with Gasteiger partial charge in [0.1, 0.15) is 5.82 Å². The van der Waals surface area contributed by atoms with Crippen molar-refractivity contribution in [2.24, 2.45) is 0 Å². The summed E-state index contributed by atoms with van der Waals surface area (Å²) in [4.78, 5) is 18.0. The Morgan fingerprint density at radius 1 is 1.00 bits per heavy atom. The van der Waals surface area contributed by atoms with Crippen LogP contribution in [0.4, 0.5) is 5.95 Å². The van der Waals surface area contributed by atoms with Gasteiger partial charge in [-0.25, -0.2) is 4.57 Å². The number of ether oxygens (including phenoxy) is 1. The van der Waals surface area contributed by atoms with Crippen LogP contribution in [0.5, 0.6) is 6.01 Å². The van der Waals surface area contributed by atoms with Crippen molar-refractivity contribution < 1.29 is 14.8 Å². The molecule has 0 spiro atoms. The number of hydrogen-bond donors (Lipinski definition) is 3. The van der Waals surface area contributed by atoms with Crippen molar-refractivity contribution in [3.05, 3.63) is 59.9 Å². The SMILES string of the molecule is CCc1nc(NCc2ccccc2)nc(-n2c(OC)nc3c(B(O)O)cccc32)n1. The number of imidazole rings is 1. The monoisotopic (exact) mass is 404 g/mol. The van der Waals surface area contributed by atoms with Crippen molar-refractivity contribution in [1.29, 1.82) is 0 Å². The minimum atomic E-state index is -1.66. The van der Waals surface area contributed by atoms with Gasteiger partial charge in [0, 0.05) is 18.4 Å². The number of fused-ring (bicyclic) bond motifs is 1. The highest BCUT2D eigenvalue weighted by Crippen LogP contribution is 2.24. The standard InChI is InChI=1S/C20H21BN6O3/c1-3-16-23-18(22-12-13-8-5-4-6-9-13)26-19(24-16)27-15-11-7-10-14(21(28)29)17(15)25-20(27)30-2/h4-11,28-29H,3,12H2,1-2H3,(H,22,23,24,26). The second-order valence-corrected chi connectivity index (χ2v) is 6.59. The number of aromatic nitrogens is 5. The molecule has 30 heavy (non-hydrogen) atoms. The number of benzene rings is 2. The summed E-state index contributed by atoms with van der Waals surface area (Å²) in [6.45, 7) is 2.53. The Kier molecular flexibility index (Phi) is 5.60. The Labute approximate surface area is 173 Å². The molecule has 0 amide bonds. The Balaban J connectivity index is 1.80. The molecule has 0 fully saturated rings. The number of rotatable bonds is 7. The maximum Gasteiger partial charge on any atom is 0.490 e. The van der Waals surface area contributed by atoms with E-state index in [-0.39, 0.29) is 11.5 Å². The van der Waals surface area contributed by atoms with Gasteiger partial charge in [-0.15, -0.1) is 0 Å². The molecule has 0 aliphatic rings. The zero-order valence-corrected chi connectivity index (χ0v) is 16.6. The smallest absolute Gasteiger partial charge is 0.468 e. The van der Waals surface area contributed by atoms with E-state index >= 15 is 0 Å². The topological polar surface area (TPSA) is 118 Å². The molecule has 152 valence electrons. The summed E-state index contributed by atoms with van der Waals surface area (Å²) in [5.74, 6) is 1.38. The Hall–Kier alpha value is -3.50. The minimum absolute atomic E-state index is 0.236. The lowest BCUT2D eigenvalue weighted by Crippen LogP contribution is -2.30. The molecule has 0 saturated heterocycles. The van der Waals surface area contributed by atoms with Crippen molar-refractivity contribution in [3.8, 4) is 12.0 Å². The Morgan fingerprint density at radius 3 is 2.50 bits per heavy atom. The number of nitrogens with one attached hydrogen (secondary N) is 1. The average Bonchev–Trinajstić information content (AvgIpc) is 3.16. The molecule has 0 saturated carbocycles. The minimum Gasteiger partial charge on any atom is -0.468 e. The summed E-state index contributed by atoms with van der Waals surface area (Å²) in [5.41, 5.74) is 2.38. The molecule has 0 bridgehead atoms. The highest BCUT2D eigenvalue weighted by atomic mass is 16.5. The van der Waals surface area contributed by atoms with E-state index in [0.717, 1.165) is 5.56 Å². The summed E-state index contributed by atoms with van der Waals surface area (Å²) in [6, 6.07) is 15.3. The molecular weight excluding hydrogens is 383 g/mol. The molecule has 0 aliphatic carbocycles. The third-order valence-electron chi connectivity index (χ3n) is 4.63. The molecule has 9 nitrogen and oxygen atoms in total. The fourth-order valence-corrected chi connectivity index (χ4v) is 3.16. The number of hydrogen-bond acceptors (Lipinski definition) is 8. The van der Waals surface area contributed by atoms with Crippen LogP contribution in [-0.4, -0.2) is 48.8 Å². The van der Waals surface area contributed by atoms with Gasteiger partial charge in [0.25, 0.3) is 0 Å². The number of methoxy groups -OCH3 is 1. The van der Waals surface area contributed by atoms with Crippen molar-refractivity contribution in [3.63, 3.8) is 0 Å². The summed E-state index contributed by atoms with van der Waals surface area (Å²) in [7, 11) is -0.169. The van der Waals surface area contributed by atoms with Crippen LogP contribution in [-0.2, 0) is 13.0 Å². The molecule has 0 unspecified atom stereocenters. The van der Waals surface area contributed by atoms with Gasteiger partial charge in [-0.3, -0.25) is 0 Å². The predicted molar refractivity (Wildman–Crippen MR) is 114 cm³/mol. The summed E-state index contributed by atoms with van der Waals surface area (Å²) < 4.78 is 7.06. The van der Waals surface area contributed by atoms with Gasteiger partial charge in [-0.05, 0) is 11.6 Å². The molecule has 2 heterocycles. The number of anilines is 1. The normalized spacial score (nSPS) is 10.9. The van der Waals surface area contributed by atoms with Crippen molar-refractivity contribution in [2.45, 2.75) is 19.9 Å². The second-order valence-electron chi connectivity index (χ2n) is 6.59.